The average Bonchev–Trinajstić information content (AvgIpc) is 3.30. The van der Waals surface area contributed by atoms with E-state index in [1.807, 2.05) is 18.2 Å². The normalized spacial score (nSPS) is 19.9. The zero-order valence-electron chi connectivity index (χ0n) is 14.8. The lowest BCUT2D eigenvalue weighted by molar-refractivity contribution is -0.137. The van der Waals surface area contributed by atoms with Gasteiger partial charge in [-0.25, -0.2) is 12.7 Å². The highest BCUT2D eigenvalue weighted by Crippen LogP contribution is 2.38. The van der Waals surface area contributed by atoms with Crippen molar-refractivity contribution in [1.29, 1.82) is 0 Å². The third-order valence-corrected chi connectivity index (χ3v) is 6.86. The van der Waals surface area contributed by atoms with Crippen molar-refractivity contribution in [3.05, 3.63) is 59.2 Å². The Morgan fingerprint density at radius 2 is 1.75 bits per heavy atom. The molecule has 9 heteroatoms. The molecule has 150 valence electrons. The summed E-state index contributed by atoms with van der Waals surface area (Å²) < 4.78 is 75.4. The highest BCUT2D eigenvalue weighted by molar-refractivity contribution is 7.88. The van der Waals surface area contributed by atoms with E-state index >= 15 is 0 Å². The molecule has 1 unspecified atom stereocenters. The number of halogens is 3. The number of alkyl halides is 3. The van der Waals surface area contributed by atoms with Gasteiger partial charge in [0.05, 0.1) is 11.3 Å². The minimum atomic E-state index is -4.44. The summed E-state index contributed by atoms with van der Waals surface area (Å²) in [6.45, 7) is 0.891. The van der Waals surface area contributed by atoms with E-state index in [1.165, 1.54) is 16.4 Å². The van der Waals surface area contributed by atoms with Crippen LogP contribution in [0.2, 0.25) is 0 Å². The summed E-state index contributed by atoms with van der Waals surface area (Å²) in [5.74, 6) is 1.05. The highest BCUT2D eigenvalue weighted by Gasteiger charge is 2.33. The molecular formula is C19H18F3NO4S. The maximum Gasteiger partial charge on any atom is 0.416 e. The van der Waals surface area contributed by atoms with Crippen molar-refractivity contribution in [1.82, 2.24) is 4.31 Å². The molecule has 1 atom stereocenters. The first-order valence-corrected chi connectivity index (χ1v) is 10.4. The van der Waals surface area contributed by atoms with Crippen molar-refractivity contribution in [2.24, 2.45) is 0 Å². The smallest absolute Gasteiger partial charge is 0.416 e. The first-order chi connectivity index (χ1) is 13.2. The number of benzene rings is 2. The lowest BCUT2D eigenvalue weighted by Crippen LogP contribution is -2.29. The molecule has 0 spiro atoms. The summed E-state index contributed by atoms with van der Waals surface area (Å²) in [5, 5.41) is 0. The van der Waals surface area contributed by atoms with Gasteiger partial charge in [-0.05, 0) is 47.7 Å². The Bertz CT molecular complexity index is 974. The molecular weight excluding hydrogens is 395 g/mol. The monoisotopic (exact) mass is 413 g/mol. The van der Waals surface area contributed by atoms with E-state index in [1.54, 1.807) is 0 Å². The largest absolute Gasteiger partial charge is 0.454 e. The summed E-state index contributed by atoms with van der Waals surface area (Å²) >= 11 is 0. The van der Waals surface area contributed by atoms with Crippen LogP contribution in [0.1, 0.15) is 29.0 Å². The van der Waals surface area contributed by atoms with Gasteiger partial charge >= 0.3 is 6.18 Å². The van der Waals surface area contributed by atoms with Crippen LogP contribution in [0.25, 0.3) is 0 Å². The van der Waals surface area contributed by atoms with E-state index in [9.17, 15) is 21.6 Å². The number of rotatable bonds is 4. The standard InChI is InChI=1S/C19H18F3NO4S/c20-19(21,22)16-4-1-13(2-5-16)11-28(24,25)23-8-7-15(10-23)14-3-6-17-18(9-14)27-12-26-17/h1-6,9,15H,7-8,10-12H2. The molecule has 0 saturated carbocycles. The fraction of sp³-hybridized carbons (Fsp3) is 0.368. The van der Waals surface area contributed by atoms with Crippen LogP contribution in [-0.2, 0) is 22.0 Å². The van der Waals surface area contributed by atoms with E-state index in [-0.39, 0.29) is 18.5 Å². The maximum absolute atomic E-state index is 12.7. The van der Waals surface area contributed by atoms with Crippen molar-refractivity contribution in [3.63, 3.8) is 0 Å². The lowest BCUT2D eigenvalue weighted by atomic mass is 9.98. The molecule has 0 aromatic heterocycles. The molecule has 1 fully saturated rings. The minimum Gasteiger partial charge on any atom is -0.454 e. The summed E-state index contributed by atoms with van der Waals surface area (Å²) in [5.41, 5.74) is 0.522. The summed E-state index contributed by atoms with van der Waals surface area (Å²) in [7, 11) is -3.62. The number of sulfonamides is 1. The number of ether oxygens (including phenoxy) is 2. The molecule has 2 aromatic rings. The zero-order chi connectivity index (χ0) is 19.9. The van der Waals surface area contributed by atoms with Gasteiger partial charge in [0.25, 0.3) is 0 Å². The van der Waals surface area contributed by atoms with Crippen molar-refractivity contribution < 1.29 is 31.1 Å². The van der Waals surface area contributed by atoms with E-state index in [4.69, 9.17) is 9.47 Å². The van der Waals surface area contributed by atoms with Gasteiger partial charge < -0.3 is 9.47 Å². The Morgan fingerprint density at radius 1 is 1.04 bits per heavy atom. The van der Waals surface area contributed by atoms with E-state index in [0.717, 1.165) is 17.7 Å². The third kappa shape index (κ3) is 3.81. The SMILES string of the molecule is O=S(=O)(Cc1ccc(C(F)(F)F)cc1)N1CCC(c2ccc3c(c2)OCO3)C1. The molecule has 2 heterocycles. The first-order valence-electron chi connectivity index (χ1n) is 8.76. The number of hydrogen-bond acceptors (Lipinski definition) is 4. The van der Waals surface area contributed by atoms with E-state index in [0.29, 0.717) is 36.6 Å². The van der Waals surface area contributed by atoms with Crippen molar-refractivity contribution in [3.8, 4) is 11.5 Å². The second-order valence-electron chi connectivity index (χ2n) is 6.91. The van der Waals surface area contributed by atoms with Crippen LogP contribution in [0.5, 0.6) is 11.5 Å². The van der Waals surface area contributed by atoms with Crippen molar-refractivity contribution in [2.45, 2.75) is 24.3 Å². The maximum atomic E-state index is 12.7. The third-order valence-electron chi connectivity index (χ3n) is 5.04. The molecule has 4 rings (SSSR count). The van der Waals surface area contributed by atoms with Crippen LogP contribution in [0, 0.1) is 0 Å². The predicted molar refractivity (Wildman–Crippen MR) is 95.6 cm³/mol. The molecule has 0 amide bonds. The highest BCUT2D eigenvalue weighted by atomic mass is 32.2. The molecule has 2 aliphatic rings. The summed E-state index contributed by atoms with van der Waals surface area (Å²) in [6.07, 6.45) is -3.77. The van der Waals surface area contributed by atoms with E-state index < -0.39 is 21.8 Å². The molecule has 2 aliphatic heterocycles. The molecule has 2 aromatic carbocycles. The second-order valence-corrected chi connectivity index (χ2v) is 8.88. The number of nitrogens with zero attached hydrogens (tertiary/aromatic N) is 1. The predicted octanol–water partition coefficient (Wildman–Crippen LogP) is 3.75. The minimum absolute atomic E-state index is 0.0388. The van der Waals surface area contributed by atoms with Gasteiger partial charge in [-0.2, -0.15) is 13.2 Å². The fourth-order valence-electron chi connectivity index (χ4n) is 3.51. The lowest BCUT2D eigenvalue weighted by Gasteiger charge is -2.17. The van der Waals surface area contributed by atoms with Gasteiger partial charge in [0.1, 0.15) is 0 Å². The number of fused-ring (bicyclic) bond motifs is 1. The van der Waals surface area contributed by atoms with Crippen LogP contribution in [0.3, 0.4) is 0 Å². The van der Waals surface area contributed by atoms with Gasteiger partial charge in [0.15, 0.2) is 11.5 Å². The van der Waals surface area contributed by atoms with Crippen molar-refractivity contribution in [2.75, 3.05) is 19.9 Å². The molecule has 0 bridgehead atoms. The molecule has 1 saturated heterocycles. The average molecular weight is 413 g/mol. The quantitative estimate of drug-likeness (QED) is 0.766. The molecule has 0 aliphatic carbocycles. The van der Waals surface area contributed by atoms with Gasteiger partial charge in [-0.15, -0.1) is 0 Å². The van der Waals surface area contributed by atoms with Gasteiger partial charge in [-0.1, -0.05) is 18.2 Å². The number of hydrogen-bond donors (Lipinski definition) is 0. The fourth-order valence-corrected chi connectivity index (χ4v) is 5.10. The van der Waals surface area contributed by atoms with Crippen LogP contribution in [0.4, 0.5) is 13.2 Å². The van der Waals surface area contributed by atoms with Crippen LogP contribution in [-0.4, -0.2) is 32.6 Å². The molecule has 0 radical (unpaired) electrons. The van der Waals surface area contributed by atoms with E-state index in [2.05, 4.69) is 0 Å². The molecule has 5 nitrogen and oxygen atoms in total. The van der Waals surface area contributed by atoms with Crippen LogP contribution >= 0.6 is 0 Å². The van der Waals surface area contributed by atoms with Gasteiger partial charge in [0.2, 0.25) is 16.8 Å². The van der Waals surface area contributed by atoms with Crippen LogP contribution < -0.4 is 9.47 Å². The Balaban J connectivity index is 1.44. The first kappa shape index (κ1) is 19.1. The summed E-state index contributed by atoms with van der Waals surface area (Å²) in [6, 6.07) is 9.84. The Kier molecular flexibility index (Phi) is 4.75. The second kappa shape index (κ2) is 6.97. The topological polar surface area (TPSA) is 55.8 Å². The van der Waals surface area contributed by atoms with Crippen molar-refractivity contribution >= 4 is 10.0 Å². The molecule has 0 N–H and O–H groups in total. The Hall–Kier alpha value is -2.26. The van der Waals surface area contributed by atoms with Crippen LogP contribution in [0.15, 0.2) is 42.5 Å². The zero-order valence-corrected chi connectivity index (χ0v) is 15.6. The Morgan fingerprint density at radius 3 is 2.46 bits per heavy atom. The Labute approximate surface area is 160 Å². The molecule has 28 heavy (non-hydrogen) atoms. The summed E-state index contributed by atoms with van der Waals surface area (Å²) in [4.78, 5) is 0. The van der Waals surface area contributed by atoms with Gasteiger partial charge in [-0.3, -0.25) is 0 Å². The van der Waals surface area contributed by atoms with Gasteiger partial charge in [0, 0.05) is 13.1 Å².